The third-order valence-corrected chi connectivity index (χ3v) is 2.57. The number of carbonyl (C=O) groups is 1. The van der Waals surface area contributed by atoms with Gasteiger partial charge >= 0.3 is 0 Å². The number of hydrogen-bond acceptors (Lipinski definition) is 3. The van der Waals surface area contributed by atoms with Crippen LogP contribution in [0.15, 0.2) is 30.3 Å². The molecule has 3 rings (SSSR count). The molecule has 0 aromatic heterocycles. The minimum atomic E-state index is -0.259. The number of carbonyl (C=O) groups excluding carboxylic acids is 1. The molecule has 0 bridgehead atoms. The molecule has 3 atom stereocenters. The van der Waals surface area contributed by atoms with E-state index in [1.54, 1.807) is 0 Å². The summed E-state index contributed by atoms with van der Waals surface area (Å²) in [6.45, 7) is 0.739. The van der Waals surface area contributed by atoms with Gasteiger partial charge < -0.3 is 9.47 Å². The Morgan fingerprint density at radius 1 is 1.29 bits per heavy atom. The molecule has 0 unspecified atom stereocenters. The number of ketones is 1. The fourth-order valence-electron chi connectivity index (χ4n) is 1.63. The van der Waals surface area contributed by atoms with E-state index >= 15 is 0 Å². The van der Waals surface area contributed by atoms with E-state index in [1.165, 1.54) is 0 Å². The fraction of sp³-hybridized carbons (Fsp3) is 0.364. The van der Waals surface area contributed by atoms with Crippen LogP contribution in [0.5, 0.6) is 0 Å². The second-order valence-electron chi connectivity index (χ2n) is 3.62. The highest BCUT2D eigenvalue weighted by molar-refractivity contribution is 6.01. The lowest BCUT2D eigenvalue weighted by Crippen LogP contribution is -2.12. The maximum absolute atomic E-state index is 11.8. The highest BCUT2D eigenvalue weighted by atomic mass is 16.7. The quantitative estimate of drug-likeness (QED) is 0.528. The van der Waals surface area contributed by atoms with Crippen LogP contribution in [0.4, 0.5) is 0 Å². The van der Waals surface area contributed by atoms with Gasteiger partial charge in [0.25, 0.3) is 0 Å². The lowest BCUT2D eigenvalue weighted by molar-refractivity contribution is 0.0953. The largest absolute Gasteiger partial charge is 0.370 e. The van der Waals surface area contributed by atoms with Gasteiger partial charge in [-0.1, -0.05) is 30.3 Å². The molecule has 14 heavy (non-hydrogen) atoms. The van der Waals surface area contributed by atoms with E-state index in [0.29, 0.717) is 0 Å². The van der Waals surface area contributed by atoms with Gasteiger partial charge in [0.1, 0.15) is 18.3 Å². The van der Waals surface area contributed by atoms with Crippen molar-refractivity contribution in [2.24, 2.45) is 0 Å². The Labute approximate surface area is 81.6 Å². The van der Waals surface area contributed by atoms with Crippen molar-refractivity contribution in [1.82, 2.24) is 0 Å². The molecule has 0 radical (unpaired) electrons. The number of epoxide rings is 2. The monoisotopic (exact) mass is 190 g/mol. The molecular weight excluding hydrogens is 180 g/mol. The summed E-state index contributed by atoms with van der Waals surface area (Å²) in [5.41, 5.74) is 0.723. The summed E-state index contributed by atoms with van der Waals surface area (Å²) >= 11 is 0. The van der Waals surface area contributed by atoms with Gasteiger partial charge in [0.15, 0.2) is 5.78 Å². The van der Waals surface area contributed by atoms with Crippen LogP contribution in [-0.4, -0.2) is 30.7 Å². The lowest BCUT2D eigenvalue weighted by Gasteiger charge is -1.94. The molecule has 1 aromatic carbocycles. The van der Waals surface area contributed by atoms with Crippen molar-refractivity contribution in [3.05, 3.63) is 35.9 Å². The van der Waals surface area contributed by atoms with Crippen molar-refractivity contribution in [3.8, 4) is 0 Å². The van der Waals surface area contributed by atoms with E-state index in [4.69, 9.17) is 9.47 Å². The molecule has 2 fully saturated rings. The Kier molecular flexibility index (Phi) is 1.69. The summed E-state index contributed by atoms with van der Waals surface area (Å²) in [5.74, 6) is 0.0751. The maximum atomic E-state index is 11.8. The Balaban J connectivity index is 1.72. The first-order chi connectivity index (χ1) is 6.86. The van der Waals surface area contributed by atoms with E-state index in [-0.39, 0.29) is 24.1 Å². The van der Waals surface area contributed by atoms with Gasteiger partial charge in [-0.3, -0.25) is 4.79 Å². The molecule has 0 amide bonds. The predicted octanol–water partition coefficient (Wildman–Crippen LogP) is 1.04. The normalized spacial score (nSPS) is 33.9. The molecule has 2 aliphatic rings. The third-order valence-electron chi connectivity index (χ3n) is 2.57. The summed E-state index contributed by atoms with van der Waals surface area (Å²) in [6.07, 6.45) is -0.0692. The topological polar surface area (TPSA) is 42.1 Å². The van der Waals surface area contributed by atoms with Gasteiger partial charge in [0.05, 0.1) is 6.61 Å². The summed E-state index contributed by atoms with van der Waals surface area (Å²) in [4.78, 5) is 11.8. The number of hydrogen-bond donors (Lipinski definition) is 0. The minimum absolute atomic E-state index is 0.0164. The first-order valence-corrected chi connectivity index (χ1v) is 4.72. The Bertz CT molecular complexity index is 356. The standard InChI is InChI=1S/C11H10O3/c12-9(7-4-2-1-3-5-7)11-10(14-11)8-6-13-8/h1-5,8,10-11H,6H2/t8-,10+,11+/m1/s1. The average molecular weight is 190 g/mol. The van der Waals surface area contributed by atoms with Crippen LogP contribution in [0.25, 0.3) is 0 Å². The zero-order valence-electron chi connectivity index (χ0n) is 7.55. The molecule has 2 aliphatic heterocycles. The van der Waals surface area contributed by atoms with E-state index in [0.717, 1.165) is 12.2 Å². The third kappa shape index (κ3) is 1.35. The second kappa shape index (κ2) is 2.90. The van der Waals surface area contributed by atoms with E-state index in [1.807, 2.05) is 30.3 Å². The van der Waals surface area contributed by atoms with Crippen LogP contribution in [-0.2, 0) is 9.47 Å². The number of ether oxygens (including phenoxy) is 2. The number of rotatable bonds is 3. The van der Waals surface area contributed by atoms with Gasteiger partial charge in [-0.15, -0.1) is 0 Å². The highest BCUT2D eigenvalue weighted by Crippen LogP contribution is 2.35. The summed E-state index contributed by atoms with van der Waals surface area (Å²) < 4.78 is 10.4. The first-order valence-electron chi connectivity index (χ1n) is 4.72. The smallest absolute Gasteiger partial charge is 0.194 e. The molecular formula is C11H10O3. The second-order valence-corrected chi connectivity index (χ2v) is 3.62. The van der Waals surface area contributed by atoms with Crippen LogP contribution in [0, 0.1) is 0 Å². The van der Waals surface area contributed by atoms with E-state index in [9.17, 15) is 4.79 Å². The zero-order valence-corrected chi connectivity index (χ0v) is 7.55. The lowest BCUT2D eigenvalue weighted by atomic mass is 10.1. The van der Waals surface area contributed by atoms with Crippen molar-refractivity contribution in [2.45, 2.75) is 18.3 Å². The fourth-order valence-corrected chi connectivity index (χ4v) is 1.63. The summed E-state index contributed by atoms with van der Waals surface area (Å²) in [6, 6.07) is 9.24. The van der Waals surface area contributed by atoms with Crippen molar-refractivity contribution < 1.29 is 14.3 Å². The molecule has 0 aliphatic carbocycles. The molecule has 0 N–H and O–H groups in total. The molecule has 2 heterocycles. The summed E-state index contributed by atoms with van der Waals surface area (Å²) in [5, 5.41) is 0. The molecule has 72 valence electrons. The van der Waals surface area contributed by atoms with E-state index in [2.05, 4.69) is 0 Å². The van der Waals surface area contributed by atoms with Gasteiger partial charge in [-0.25, -0.2) is 0 Å². The Hall–Kier alpha value is -1.19. The van der Waals surface area contributed by atoms with Gasteiger partial charge in [0.2, 0.25) is 0 Å². The molecule has 0 saturated carbocycles. The van der Waals surface area contributed by atoms with Crippen molar-refractivity contribution in [2.75, 3.05) is 6.61 Å². The van der Waals surface area contributed by atoms with Crippen molar-refractivity contribution in [3.63, 3.8) is 0 Å². The van der Waals surface area contributed by atoms with Crippen molar-refractivity contribution in [1.29, 1.82) is 0 Å². The highest BCUT2D eigenvalue weighted by Gasteiger charge is 2.54. The van der Waals surface area contributed by atoms with E-state index < -0.39 is 0 Å². The molecule has 3 heteroatoms. The SMILES string of the molecule is O=C(c1ccccc1)[C@@H]1O[C@H]1[C@H]1CO1. The zero-order chi connectivity index (χ0) is 9.54. The molecule has 2 saturated heterocycles. The predicted molar refractivity (Wildman–Crippen MR) is 49.2 cm³/mol. The molecule has 3 nitrogen and oxygen atoms in total. The van der Waals surface area contributed by atoms with Crippen LogP contribution in [0.2, 0.25) is 0 Å². The Morgan fingerprint density at radius 2 is 2.00 bits per heavy atom. The molecule has 0 spiro atoms. The van der Waals surface area contributed by atoms with Crippen molar-refractivity contribution >= 4 is 5.78 Å². The maximum Gasteiger partial charge on any atom is 0.194 e. The number of benzene rings is 1. The minimum Gasteiger partial charge on any atom is -0.370 e. The number of Topliss-reactive ketones (excluding diaryl/α,β-unsaturated/α-hetero) is 1. The first kappa shape index (κ1) is 8.15. The van der Waals surface area contributed by atoms with Gasteiger partial charge in [-0.2, -0.15) is 0 Å². The van der Waals surface area contributed by atoms with Crippen LogP contribution in [0.3, 0.4) is 0 Å². The van der Waals surface area contributed by atoms with Gasteiger partial charge in [0, 0.05) is 5.56 Å². The Morgan fingerprint density at radius 3 is 2.64 bits per heavy atom. The van der Waals surface area contributed by atoms with Crippen LogP contribution in [0.1, 0.15) is 10.4 Å². The average Bonchev–Trinajstić information content (AvgIpc) is 3.07. The molecule has 1 aromatic rings. The van der Waals surface area contributed by atoms with Crippen LogP contribution >= 0.6 is 0 Å². The van der Waals surface area contributed by atoms with Gasteiger partial charge in [-0.05, 0) is 0 Å². The van der Waals surface area contributed by atoms with Crippen LogP contribution < -0.4 is 0 Å². The summed E-state index contributed by atoms with van der Waals surface area (Å²) in [7, 11) is 0.